The van der Waals surface area contributed by atoms with Gasteiger partial charge in [0.25, 0.3) is 0 Å². The Labute approximate surface area is 131 Å². The van der Waals surface area contributed by atoms with Crippen LogP contribution < -0.4 is 10.6 Å². The van der Waals surface area contributed by atoms with Crippen molar-refractivity contribution in [2.75, 3.05) is 6.54 Å². The summed E-state index contributed by atoms with van der Waals surface area (Å²) in [5, 5.41) is 14.4. The summed E-state index contributed by atoms with van der Waals surface area (Å²) < 4.78 is 0. The van der Waals surface area contributed by atoms with Crippen molar-refractivity contribution in [3.63, 3.8) is 0 Å². The number of amides is 2. The average molecular weight is 301 g/mol. The summed E-state index contributed by atoms with van der Waals surface area (Å²) in [7, 11) is 0. The molecule has 2 N–H and O–H groups in total. The fourth-order valence-corrected chi connectivity index (χ4v) is 1.76. The minimum atomic E-state index is -0.409. The average Bonchev–Trinajstić information content (AvgIpc) is 2.48. The van der Waals surface area contributed by atoms with Gasteiger partial charge in [0.1, 0.15) is 0 Å². The first-order valence-electron chi connectivity index (χ1n) is 7.37. The van der Waals surface area contributed by atoms with Crippen LogP contribution in [0.3, 0.4) is 0 Å². The van der Waals surface area contributed by atoms with Gasteiger partial charge >= 0.3 is 0 Å². The Morgan fingerprint density at radius 1 is 1.23 bits per heavy atom. The van der Waals surface area contributed by atoms with Crippen LogP contribution in [0.25, 0.3) is 0 Å². The maximum atomic E-state index is 11.7. The van der Waals surface area contributed by atoms with E-state index in [9.17, 15) is 9.59 Å². The number of hydrogen-bond donors (Lipinski definition) is 2. The third kappa shape index (κ3) is 6.40. The second-order valence-electron chi connectivity index (χ2n) is 6.20. The fourth-order valence-electron chi connectivity index (χ4n) is 1.76. The van der Waals surface area contributed by atoms with Crippen LogP contribution in [0.1, 0.15) is 44.7 Å². The van der Waals surface area contributed by atoms with Crippen molar-refractivity contribution in [2.24, 2.45) is 5.41 Å². The summed E-state index contributed by atoms with van der Waals surface area (Å²) in [6, 6.07) is 9.21. The lowest BCUT2D eigenvalue weighted by Crippen LogP contribution is -2.35. The van der Waals surface area contributed by atoms with Crippen molar-refractivity contribution >= 4 is 11.8 Å². The number of rotatable bonds is 6. The molecule has 0 atom stereocenters. The van der Waals surface area contributed by atoms with Crippen molar-refractivity contribution in [1.82, 2.24) is 10.6 Å². The van der Waals surface area contributed by atoms with Crippen LogP contribution in [0.5, 0.6) is 0 Å². The second-order valence-corrected chi connectivity index (χ2v) is 6.20. The van der Waals surface area contributed by atoms with E-state index in [2.05, 4.69) is 16.7 Å². The molecule has 0 unspecified atom stereocenters. The molecule has 1 rings (SSSR count). The predicted octanol–water partition coefficient (Wildman–Crippen LogP) is 2.12. The third-order valence-corrected chi connectivity index (χ3v) is 3.09. The minimum Gasteiger partial charge on any atom is -0.356 e. The molecule has 1 aromatic rings. The molecule has 0 radical (unpaired) electrons. The highest BCUT2D eigenvalue weighted by Gasteiger charge is 2.20. The summed E-state index contributed by atoms with van der Waals surface area (Å²) >= 11 is 0. The van der Waals surface area contributed by atoms with Gasteiger partial charge in [-0.1, -0.05) is 32.9 Å². The summed E-state index contributed by atoms with van der Waals surface area (Å²) in [5.74, 6) is -0.0754. The van der Waals surface area contributed by atoms with E-state index in [-0.39, 0.29) is 11.8 Å². The fraction of sp³-hybridized carbons (Fsp3) is 0.471. The highest BCUT2D eigenvalue weighted by molar-refractivity contribution is 5.81. The van der Waals surface area contributed by atoms with E-state index in [0.29, 0.717) is 31.5 Å². The van der Waals surface area contributed by atoms with Crippen molar-refractivity contribution < 1.29 is 9.59 Å². The molecule has 2 amide bonds. The summed E-state index contributed by atoms with van der Waals surface area (Å²) in [4.78, 5) is 23.4. The van der Waals surface area contributed by atoms with Crippen LogP contribution in [-0.4, -0.2) is 18.4 Å². The van der Waals surface area contributed by atoms with Crippen molar-refractivity contribution in [2.45, 2.75) is 40.2 Å². The molecule has 5 heteroatoms. The lowest BCUT2D eigenvalue weighted by atomic mass is 9.96. The van der Waals surface area contributed by atoms with Gasteiger partial charge in [-0.05, 0) is 24.1 Å². The molecule has 118 valence electrons. The van der Waals surface area contributed by atoms with Crippen LogP contribution in [-0.2, 0) is 16.1 Å². The van der Waals surface area contributed by atoms with E-state index in [0.717, 1.165) is 5.56 Å². The molecule has 0 aliphatic rings. The molecule has 0 aliphatic heterocycles. The van der Waals surface area contributed by atoms with Crippen LogP contribution in [0.4, 0.5) is 0 Å². The Hall–Kier alpha value is -2.35. The normalized spacial score (nSPS) is 10.6. The highest BCUT2D eigenvalue weighted by atomic mass is 16.2. The number of nitrogens with one attached hydrogen (secondary N) is 2. The van der Waals surface area contributed by atoms with Crippen molar-refractivity contribution in [3.8, 4) is 6.07 Å². The molecule has 22 heavy (non-hydrogen) atoms. The Bertz CT molecular complexity index is 568. The van der Waals surface area contributed by atoms with Gasteiger partial charge < -0.3 is 10.6 Å². The zero-order valence-electron chi connectivity index (χ0n) is 13.4. The van der Waals surface area contributed by atoms with E-state index >= 15 is 0 Å². The molecule has 0 aliphatic carbocycles. The van der Waals surface area contributed by atoms with E-state index in [1.807, 2.05) is 26.8 Å². The molecule has 5 nitrogen and oxygen atoms in total. The lowest BCUT2D eigenvalue weighted by Gasteiger charge is -2.17. The van der Waals surface area contributed by atoms with Gasteiger partial charge in [-0.2, -0.15) is 5.26 Å². The molecule has 0 fully saturated rings. The van der Waals surface area contributed by atoms with Gasteiger partial charge in [0.05, 0.1) is 11.6 Å². The maximum absolute atomic E-state index is 11.7. The second kappa shape index (κ2) is 8.18. The van der Waals surface area contributed by atoms with Crippen LogP contribution in [0.2, 0.25) is 0 Å². The smallest absolute Gasteiger partial charge is 0.225 e. The summed E-state index contributed by atoms with van der Waals surface area (Å²) in [6.07, 6.45) is 0.967. The first-order chi connectivity index (χ1) is 10.3. The molecule has 0 aromatic heterocycles. The number of nitriles is 1. The first kappa shape index (κ1) is 17.7. The molecular weight excluding hydrogens is 278 g/mol. The number of carbonyl (C=O) groups excluding carboxylic acids is 2. The van der Waals surface area contributed by atoms with Gasteiger partial charge in [0.2, 0.25) is 11.8 Å². The molecule has 1 aromatic carbocycles. The quantitative estimate of drug-likeness (QED) is 0.790. The molecule has 0 saturated carbocycles. The Balaban J connectivity index is 2.24. The van der Waals surface area contributed by atoms with Crippen molar-refractivity contribution in [3.05, 3.63) is 35.4 Å². The summed E-state index contributed by atoms with van der Waals surface area (Å²) in [5.41, 5.74) is 1.07. The van der Waals surface area contributed by atoms with Crippen LogP contribution in [0, 0.1) is 16.7 Å². The third-order valence-electron chi connectivity index (χ3n) is 3.09. The van der Waals surface area contributed by atoms with Gasteiger partial charge in [-0.25, -0.2) is 0 Å². The number of hydrogen-bond acceptors (Lipinski definition) is 3. The molecule has 0 saturated heterocycles. The Morgan fingerprint density at radius 2 is 1.95 bits per heavy atom. The molecule has 0 bridgehead atoms. The molecule has 0 heterocycles. The van der Waals surface area contributed by atoms with Gasteiger partial charge in [-0.15, -0.1) is 0 Å². The highest BCUT2D eigenvalue weighted by Crippen LogP contribution is 2.12. The minimum absolute atomic E-state index is 0.0128. The van der Waals surface area contributed by atoms with Gasteiger partial charge in [-0.3, -0.25) is 9.59 Å². The standard InChI is InChI=1S/C17H23N3O2/c1-17(2,3)16(22)19-9-5-8-15(21)20-12-14-7-4-6-13(10-14)11-18/h4,6-7,10H,5,8-9,12H2,1-3H3,(H,19,22)(H,20,21). The van der Waals surface area contributed by atoms with Gasteiger partial charge in [0, 0.05) is 24.9 Å². The predicted molar refractivity (Wildman–Crippen MR) is 84.7 cm³/mol. The largest absolute Gasteiger partial charge is 0.356 e. The zero-order chi connectivity index (χ0) is 16.6. The molecule has 0 spiro atoms. The number of benzene rings is 1. The Kier molecular flexibility index (Phi) is 6.58. The van der Waals surface area contributed by atoms with Crippen molar-refractivity contribution in [1.29, 1.82) is 5.26 Å². The van der Waals surface area contributed by atoms with Crippen LogP contribution in [0.15, 0.2) is 24.3 Å². The number of nitrogens with zero attached hydrogens (tertiary/aromatic N) is 1. The Morgan fingerprint density at radius 3 is 2.59 bits per heavy atom. The monoisotopic (exact) mass is 301 g/mol. The van der Waals surface area contributed by atoms with Crippen LogP contribution >= 0.6 is 0 Å². The van der Waals surface area contributed by atoms with Gasteiger partial charge in [0.15, 0.2) is 0 Å². The van der Waals surface area contributed by atoms with E-state index < -0.39 is 5.41 Å². The molecular formula is C17H23N3O2. The van der Waals surface area contributed by atoms with E-state index in [4.69, 9.17) is 5.26 Å². The summed E-state index contributed by atoms with van der Waals surface area (Å²) in [6.45, 7) is 6.45. The maximum Gasteiger partial charge on any atom is 0.225 e. The van der Waals surface area contributed by atoms with E-state index in [1.165, 1.54) is 0 Å². The van der Waals surface area contributed by atoms with E-state index in [1.54, 1.807) is 18.2 Å². The first-order valence-corrected chi connectivity index (χ1v) is 7.37. The zero-order valence-corrected chi connectivity index (χ0v) is 13.4. The topological polar surface area (TPSA) is 82.0 Å². The number of carbonyl (C=O) groups is 2. The lowest BCUT2D eigenvalue weighted by molar-refractivity contribution is -0.128. The SMILES string of the molecule is CC(C)(C)C(=O)NCCCC(=O)NCc1cccc(C#N)c1.